The summed E-state index contributed by atoms with van der Waals surface area (Å²) in [5.74, 6) is 2.30. The van der Waals surface area contributed by atoms with Gasteiger partial charge in [-0.3, -0.25) is 9.78 Å². The summed E-state index contributed by atoms with van der Waals surface area (Å²) < 4.78 is 11.3. The summed E-state index contributed by atoms with van der Waals surface area (Å²) in [5, 5.41) is 3.08. The van der Waals surface area contributed by atoms with Gasteiger partial charge in [0.1, 0.15) is 6.61 Å². The van der Waals surface area contributed by atoms with Crippen LogP contribution in [0.5, 0.6) is 11.5 Å². The Hall–Kier alpha value is -2.02. The predicted molar refractivity (Wildman–Crippen MR) is 126 cm³/mol. The molecular formula is C23H31Cl2N3O3. The number of fused-ring (bicyclic) bond motifs is 2. The summed E-state index contributed by atoms with van der Waals surface area (Å²) in [5.41, 5.74) is 8.05. The number of nitrogens with one attached hydrogen (secondary N) is 1. The van der Waals surface area contributed by atoms with Crippen molar-refractivity contribution in [3.63, 3.8) is 0 Å². The molecule has 0 radical (unpaired) electrons. The van der Waals surface area contributed by atoms with Gasteiger partial charge in [0, 0.05) is 41.7 Å². The molecule has 2 saturated carbocycles. The molecule has 2 atom stereocenters. The Morgan fingerprint density at radius 2 is 1.90 bits per heavy atom. The van der Waals surface area contributed by atoms with Crippen LogP contribution in [0.2, 0.25) is 0 Å². The van der Waals surface area contributed by atoms with Crippen LogP contribution in [0.4, 0.5) is 5.69 Å². The molecule has 2 aliphatic rings. The summed E-state index contributed by atoms with van der Waals surface area (Å²) in [6.45, 7) is 0.380. The number of halogens is 2. The number of pyridine rings is 1. The third-order valence-corrected chi connectivity index (χ3v) is 6.33. The second-order valence-electron chi connectivity index (χ2n) is 8.20. The second kappa shape index (κ2) is 11.6. The Morgan fingerprint density at radius 1 is 1.16 bits per heavy atom. The van der Waals surface area contributed by atoms with Gasteiger partial charge in [-0.05, 0) is 55.7 Å². The molecule has 2 aromatic rings. The van der Waals surface area contributed by atoms with E-state index in [9.17, 15) is 4.79 Å². The van der Waals surface area contributed by atoms with Crippen LogP contribution in [0.1, 0.15) is 37.7 Å². The third kappa shape index (κ3) is 6.03. The van der Waals surface area contributed by atoms with Crippen molar-refractivity contribution in [1.29, 1.82) is 0 Å². The Morgan fingerprint density at radius 3 is 2.55 bits per heavy atom. The number of amides is 1. The molecule has 1 heterocycles. The number of nitrogens with two attached hydrogens (primary N) is 1. The normalized spacial score (nSPS) is 24.2. The highest BCUT2D eigenvalue weighted by Crippen LogP contribution is 2.42. The minimum atomic E-state index is 0. The van der Waals surface area contributed by atoms with E-state index in [2.05, 4.69) is 10.3 Å². The molecule has 4 rings (SSSR count). The van der Waals surface area contributed by atoms with E-state index in [1.165, 1.54) is 6.42 Å². The third-order valence-electron chi connectivity index (χ3n) is 6.33. The Bertz CT molecular complexity index is 839. The minimum Gasteiger partial charge on any atom is -0.493 e. The van der Waals surface area contributed by atoms with E-state index in [4.69, 9.17) is 15.2 Å². The topological polar surface area (TPSA) is 86.5 Å². The minimum absolute atomic E-state index is 0. The van der Waals surface area contributed by atoms with Crippen molar-refractivity contribution in [3.05, 3.63) is 48.3 Å². The lowest BCUT2D eigenvalue weighted by atomic mass is 9.65. The summed E-state index contributed by atoms with van der Waals surface area (Å²) in [6, 6.07) is 9.58. The average molecular weight is 468 g/mol. The molecule has 1 amide bonds. The lowest BCUT2D eigenvalue weighted by Gasteiger charge is -2.43. The van der Waals surface area contributed by atoms with E-state index < -0.39 is 0 Å². The molecule has 8 heteroatoms. The number of carbonyl (C=O) groups excluding carboxylic acids is 1. The number of ether oxygens (including phenoxy) is 2. The molecule has 6 nitrogen and oxygen atoms in total. The van der Waals surface area contributed by atoms with Gasteiger partial charge in [-0.1, -0.05) is 12.5 Å². The van der Waals surface area contributed by atoms with Gasteiger partial charge >= 0.3 is 0 Å². The van der Waals surface area contributed by atoms with Gasteiger partial charge < -0.3 is 20.5 Å². The van der Waals surface area contributed by atoms with E-state index in [-0.39, 0.29) is 42.7 Å². The molecule has 3 N–H and O–H groups in total. The van der Waals surface area contributed by atoms with Crippen molar-refractivity contribution in [2.45, 2.75) is 44.8 Å². The van der Waals surface area contributed by atoms with Gasteiger partial charge in [0.15, 0.2) is 11.5 Å². The molecule has 170 valence electrons. The zero-order valence-electron chi connectivity index (χ0n) is 17.7. The lowest BCUT2D eigenvalue weighted by Crippen LogP contribution is -2.48. The summed E-state index contributed by atoms with van der Waals surface area (Å²) in [4.78, 5) is 17.0. The number of nitrogens with zero attached hydrogens (tertiary/aromatic N) is 1. The molecule has 2 bridgehead atoms. The largest absolute Gasteiger partial charge is 0.493 e. The fourth-order valence-electron chi connectivity index (χ4n) is 4.76. The number of hydrogen-bond acceptors (Lipinski definition) is 5. The second-order valence-corrected chi connectivity index (χ2v) is 8.20. The number of hydrogen-bond donors (Lipinski definition) is 2. The zero-order chi connectivity index (χ0) is 20.2. The van der Waals surface area contributed by atoms with Gasteiger partial charge in [-0.15, -0.1) is 24.8 Å². The first-order valence-electron chi connectivity index (χ1n) is 10.4. The Labute approximate surface area is 196 Å². The first-order chi connectivity index (χ1) is 14.1. The molecular weight excluding hydrogens is 437 g/mol. The molecule has 1 aromatic heterocycles. The molecule has 31 heavy (non-hydrogen) atoms. The van der Waals surface area contributed by atoms with Crippen LogP contribution in [-0.4, -0.2) is 24.0 Å². The summed E-state index contributed by atoms with van der Waals surface area (Å²) in [7, 11) is 1.61. The van der Waals surface area contributed by atoms with Gasteiger partial charge in [-0.2, -0.15) is 0 Å². The highest BCUT2D eigenvalue weighted by Gasteiger charge is 2.40. The van der Waals surface area contributed by atoms with E-state index in [0.717, 1.165) is 36.9 Å². The number of rotatable bonds is 6. The van der Waals surface area contributed by atoms with Crippen molar-refractivity contribution in [2.24, 2.45) is 23.5 Å². The molecule has 0 saturated heterocycles. The van der Waals surface area contributed by atoms with E-state index in [1.54, 1.807) is 19.5 Å². The van der Waals surface area contributed by atoms with Gasteiger partial charge in [0.2, 0.25) is 5.91 Å². The smallest absolute Gasteiger partial charge is 0.227 e. The van der Waals surface area contributed by atoms with Crippen LogP contribution >= 0.6 is 24.8 Å². The Balaban J connectivity index is 0.00000171. The van der Waals surface area contributed by atoms with Crippen molar-refractivity contribution >= 4 is 36.4 Å². The maximum atomic E-state index is 12.9. The van der Waals surface area contributed by atoms with Crippen molar-refractivity contribution in [2.75, 3.05) is 12.4 Å². The quantitative estimate of drug-likeness (QED) is 0.647. The number of benzene rings is 1. The summed E-state index contributed by atoms with van der Waals surface area (Å²) in [6.07, 6.45) is 8.82. The number of anilines is 1. The van der Waals surface area contributed by atoms with E-state index in [0.29, 0.717) is 29.9 Å². The van der Waals surface area contributed by atoms with Crippen LogP contribution in [0, 0.1) is 17.8 Å². The van der Waals surface area contributed by atoms with Crippen LogP contribution in [0.25, 0.3) is 0 Å². The zero-order valence-corrected chi connectivity index (χ0v) is 19.3. The highest BCUT2D eigenvalue weighted by molar-refractivity contribution is 5.93. The van der Waals surface area contributed by atoms with Crippen molar-refractivity contribution in [3.8, 4) is 11.5 Å². The predicted octanol–water partition coefficient (Wildman–Crippen LogP) is 4.60. The molecule has 2 aliphatic carbocycles. The van der Waals surface area contributed by atoms with Gasteiger partial charge in [-0.25, -0.2) is 0 Å². The fraction of sp³-hybridized carbons (Fsp3) is 0.478. The van der Waals surface area contributed by atoms with Crippen LogP contribution in [0.15, 0.2) is 42.7 Å². The number of aromatic nitrogens is 1. The molecule has 1 aromatic carbocycles. The standard InChI is InChI=1S/C23H29N3O3.2ClH/c1-28-20-8-7-19(12-21(20)29-14-15-4-3-9-25-13-15)26-23(27)18-10-16-5-2-6-17(11-18)22(16)24;;/h3-4,7-9,12-13,16-18,22H,2,5-6,10-11,14,24H2,1H3,(H,26,27);2*1H. The average Bonchev–Trinajstić information content (AvgIpc) is 2.73. The SMILES string of the molecule is COc1ccc(NC(=O)C2CC3CCCC(C2)C3N)cc1OCc1cccnc1.Cl.Cl. The maximum absolute atomic E-state index is 12.9. The van der Waals surface area contributed by atoms with Crippen LogP contribution < -0.4 is 20.5 Å². The maximum Gasteiger partial charge on any atom is 0.227 e. The molecule has 0 spiro atoms. The molecule has 0 aliphatic heterocycles. The number of methoxy groups -OCH3 is 1. The number of carbonyl (C=O) groups is 1. The summed E-state index contributed by atoms with van der Waals surface area (Å²) >= 11 is 0. The van der Waals surface area contributed by atoms with E-state index in [1.807, 2.05) is 30.3 Å². The van der Waals surface area contributed by atoms with Crippen LogP contribution in [0.3, 0.4) is 0 Å². The fourth-order valence-corrected chi connectivity index (χ4v) is 4.76. The molecule has 2 unspecified atom stereocenters. The monoisotopic (exact) mass is 467 g/mol. The Kier molecular flexibility index (Phi) is 9.41. The lowest BCUT2D eigenvalue weighted by molar-refractivity contribution is -0.122. The van der Waals surface area contributed by atoms with Crippen molar-refractivity contribution < 1.29 is 14.3 Å². The van der Waals surface area contributed by atoms with Gasteiger partial charge in [0.05, 0.1) is 7.11 Å². The first-order valence-corrected chi connectivity index (χ1v) is 10.4. The molecule has 2 fully saturated rings. The van der Waals surface area contributed by atoms with Crippen molar-refractivity contribution in [1.82, 2.24) is 4.98 Å². The highest BCUT2D eigenvalue weighted by atomic mass is 35.5. The first kappa shape index (κ1) is 25.2. The van der Waals surface area contributed by atoms with E-state index >= 15 is 0 Å². The van der Waals surface area contributed by atoms with Gasteiger partial charge in [0.25, 0.3) is 0 Å². The van der Waals surface area contributed by atoms with Crippen LogP contribution in [-0.2, 0) is 11.4 Å².